The summed E-state index contributed by atoms with van der Waals surface area (Å²) in [6, 6.07) is 0. The predicted octanol–water partition coefficient (Wildman–Crippen LogP) is 2.10. The molecule has 0 aromatic heterocycles. The first-order valence-electron chi connectivity index (χ1n) is 6.21. The molecule has 1 fully saturated rings. The Labute approximate surface area is 102 Å². The fraction of sp³-hybridized carbons (Fsp3) is 0.692. The van der Waals surface area contributed by atoms with Gasteiger partial charge in [-0.1, -0.05) is 25.7 Å². The molecule has 1 amide bonds. The van der Waals surface area contributed by atoms with E-state index in [1.54, 1.807) is 6.92 Å². The first-order valence-corrected chi connectivity index (χ1v) is 6.21. The summed E-state index contributed by atoms with van der Waals surface area (Å²) in [6.07, 6.45) is 6.13. The van der Waals surface area contributed by atoms with Crippen molar-refractivity contribution in [1.29, 1.82) is 0 Å². The molecular weight excluding hydrogens is 218 g/mol. The number of hydrogen-bond donors (Lipinski definition) is 2. The van der Waals surface area contributed by atoms with Crippen molar-refractivity contribution in [3.05, 3.63) is 11.1 Å². The van der Waals surface area contributed by atoms with E-state index in [2.05, 4.69) is 5.32 Å². The van der Waals surface area contributed by atoms with Gasteiger partial charge < -0.3 is 10.4 Å². The van der Waals surface area contributed by atoms with Gasteiger partial charge in [-0.05, 0) is 26.2 Å². The zero-order valence-corrected chi connectivity index (χ0v) is 10.6. The van der Waals surface area contributed by atoms with E-state index in [0.29, 0.717) is 12.1 Å². The van der Waals surface area contributed by atoms with Crippen LogP contribution >= 0.6 is 0 Å². The molecule has 1 aliphatic rings. The molecule has 0 bridgehead atoms. The number of carboxylic acid groups (broad SMARTS) is 1. The molecule has 1 saturated carbocycles. The number of amides is 1. The smallest absolute Gasteiger partial charge is 0.331 e. The fourth-order valence-corrected chi connectivity index (χ4v) is 2.15. The van der Waals surface area contributed by atoms with Crippen LogP contribution in [0.15, 0.2) is 11.1 Å². The number of carbonyl (C=O) groups excluding carboxylic acids is 1. The summed E-state index contributed by atoms with van der Waals surface area (Å²) in [6.45, 7) is 3.65. The Kier molecular flexibility index (Phi) is 5.19. The summed E-state index contributed by atoms with van der Waals surface area (Å²) in [5.41, 5.74) is 0.410. The van der Waals surface area contributed by atoms with Crippen LogP contribution in [-0.2, 0) is 9.59 Å². The molecule has 17 heavy (non-hydrogen) atoms. The SMILES string of the molecule is C/C(C(=O)O)=C(\C)C(=O)NCCC1CCCC1. The average molecular weight is 239 g/mol. The van der Waals surface area contributed by atoms with Gasteiger partial charge in [-0.3, -0.25) is 4.79 Å². The van der Waals surface area contributed by atoms with Crippen LogP contribution in [0.1, 0.15) is 46.0 Å². The third-order valence-corrected chi connectivity index (χ3v) is 3.54. The van der Waals surface area contributed by atoms with Crippen LogP contribution in [0.3, 0.4) is 0 Å². The molecule has 0 aliphatic heterocycles. The number of aliphatic carboxylic acids is 1. The highest BCUT2D eigenvalue weighted by Crippen LogP contribution is 2.26. The largest absolute Gasteiger partial charge is 0.478 e. The van der Waals surface area contributed by atoms with E-state index in [4.69, 9.17) is 5.11 Å². The Morgan fingerprint density at radius 1 is 1.18 bits per heavy atom. The molecule has 0 aromatic carbocycles. The lowest BCUT2D eigenvalue weighted by Crippen LogP contribution is -2.27. The summed E-state index contributed by atoms with van der Waals surface area (Å²) in [5, 5.41) is 11.5. The lowest BCUT2D eigenvalue weighted by Gasteiger charge is -2.10. The quantitative estimate of drug-likeness (QED) is 0.722. The summed E-state index contributed by atoms with van der Waals surface area (Å²) in [7, 11) is 0. The Morgan fingerprint density at radius 2 is 1.76 bits per heavy atom. The Balaban J connectivity index is 2.33. The maximum atomic E-state index is 11.6. The molecule has 0 heterocycles. The Hall–Kier alpha value is -1.32. The van der Waals surface area contributed by atoms with Crippen LogP contribution in [0.25, 0.3) is 0 Å². The minimum Gasteiger partial charge on any atom is -0.478 e. The number of carbonyl (C=O) groups is 2. The summed E-state index contributed by atoms with van der Waals surface area (Å²) in [4.78, 5) is 22.3. The Morgan fingerprint density at radius 3 is 2.29 bits per heavy atom. The van der Waals surface area contributed by atoms with Crippen molar-refractivity contribution in [3.63, 3.8) is 0 Å². The van der Waals surface area contributed by atoms with Crippen molar-refractivity contribution in [2.75, 3.05) is 6.54 Å². The zero-order chi connectivity index (χ0) is 12.8. The van der Waals surface area contributed by atoms with Gasteiger partial charge in [-0.15, -0.1) is 0 Å². The first kappa shape index (κ1) is 13.7. The van der Waals surface area contributed by atoms with Gasteiger partial charge in [0.15, 0.2) is 0 Å². The maximum absolute atomic E-state index is 11.6. The van der Waals surface area contributed by atoms with Gasteiger partial charge in [-0.2, -0.15) is 0 Å². The number of nitrogens with one attached hydrogen (secondary N) is 1. The van der Waals surface area contributed by atoms with Gasteiger partial charge in [0.2, 0.25) is 5.91 Å². The van der Waals surface area contributed by atoms with Crippen molar-refractivity contribution in [2.45, 2.75) is 46.0 Å². The summed E-state index contributed by atoms with van der Waals surface area (Å²) < 4.78 is 0. The molecule has 0 atom stereocenters. The van der Waals surface area contributed by atoms with Crippen LogP contribution in [0.2, 0.25) is 0 Å². The van der Waals surface area contributed by atoms with Crippen molar-refractivity contribution >= 4 is 11.9 Å². The second-order valence-corrected chi connectivity index (χ2v) is 4.75. The minimum absolute atomic E-state index is 0.114. The van der Waals surface area contributed by atoms with Gasteiger partial charge in [0.25, 0.3) is 0 Å². The van der Waals surface area contributed by atoms with Crippen LogP contribution in [-0.4, -0.2) is 23.5 Å². The summed E-state index contributed by atoms with van der Waals surface area (Å²) in [5.74, 6) is -0.559. The van der Waals surface area contributed by atoms with Gasteiger partial charge in [0.05, 0.1) is 0 Å². The van der Waals surface area contributed by atoms with E-state index in [1.807, 2.05) is 0 Å². The van der Waals surface area contributed by atoms with Crippen LogP contribution in [0.4, 0.5) is 0 Å². The van der Waals surface area contributed by atoms with Crippen LogP contribution in [0, 0.1) is 5.92 Å². The minimum atomic E-state index is -1.03. The topological polar surface area (TPSA) is 66.4 Å². The second kappa shape index (κ2) is 6.42. The van der Waals surface area contributed by atoms with Gasteiger partial charge in [-0.25, -0.2) is 4.79 Å². The lowest BCUT2D eigenvalue weighted by atomic mass is 10.0. The third kappa shape index (κ3) is 4.21. The standard InChI is InChI=1S/C13H21NO3/c1-9(10(2)13(16)17)12(15)14-8-7-11-5-3-4-6-11/h11H,3-8H2,1-2H3,(H,14,15)(H,16,17)/b10-9-. The maximum Gasteiger partial charge on any atom is 0.331 e. The van der Waals surface area contributed by atoms with E-state index in [-0.39, 0.29) is 11.5 Å². The molecule has 0 unspecified atom stereocenters. The van der Waals surface area contributed by atoms with E-state index in [9.17, 15) is 9.59 Å². The van der Waals surface area contributed by atoms with Crippen molar-refractivity contribution in [3.8, 4) is 0 Å². The molecule has 4 heteroatoms. The molecule has 0 spiro atoms. The second-order valence-electron chi connectivity index (χ2n) is 4.75. The molecular formula is C13H21NO3. The molecule has 2 N–H and O–H groups in total. The lowest BCUT2D eigenvalue weighted by molar-refractivity contribution is -0.133. The Bertz CT molecular complexity index is 328. The molecule has 0 aromatic rings. The molecule has 0 saturated heterocycles. The predicted molar refractivity (Wildman–Crippen MR) is 65.6 cm³/mol. The van der Waals surface area contributed by atoms with Crippen molar-refractivity contribution in [1.82, 2.24) is 5.32 Å². The number of carboxylic acids is 1. The van der Waals surface area contributed by atoms with Gasteiger partial charge in [0.1, 0.15) is 0 Å². The van der Waals surface area contributed by atoms with Crippen molar-refractivity contribution < 1.29 is 14.7 Å². The zero-order valence-electron chi connectivity index (χ0n) is 10.6. The number of hydrogen-bond acceptors (Lipinski definition) is 2. The van der Waals surface area contributed by atoms with E-state index < -0.39 is 5.97 Å². The fourth-order valence-electron chi connectivity index (χ4n) is 2.15. The van der Waals surface area contributed by atoms with Gasteiger partial charge in [0, 0.05) is 17.7 Å². The average Bonchev–Trinajstić information content (AvgIpc) is 2.79. The molecule has 1 aliphatic carbocycles. The molecule has 1 rings (SSSR count). The van der Waals surface area contributed by atoms with E-state index in [0.717, 1.165) is 12.3 Å². The summed E-state index contributed by atoms with van der Waals surface area (Å²) >= 11 is 0. The van der Waals surface area contributed by atoms with Gasteiger partial charge >= 0.3 is 5.97 Å². The van der Waals surface area contributed by atoms with E-state index in [1.165, 1.54) is 32.6 Å². The highest BCUT2D eigenvalue weighted by Gasteiger charge is 2.16. The normalized spacial score (nSPS) is 17.8. The third-order valence-electron chi connectivity index (χ3n) is 3.54. The van der Waals surface area contributed by atoms with Crippen molar-refractivity contribution in [2.24, 2.45) is 5.92 Å². The monoisotopic (exact) mass is 239 g/mol. The number of rotatable bonds is 5. The highest BCUT2D eigenvalue weighted by molar-refractivity contribution is 6.01. The first-order chi connectivity index (χ1) is 8.02. The van der Waals surface area contributed by atoms with Crippen LogP contribution in [0.5, 0.6) is 0 Å². The molecule has 4 nitrogen and oxygen atoms in total. The van der Waals surface area contributed by atoms with Crippen LogP contribution < -0.4 is 5.32 Å². The van der Waals surface area contributed by atoms with E-state index >= 15 is 0 Å². The highest BCUT2D eigenvalue weighted by atomic mass is 16.4. The molecule has 0 radical (unpaired) electrons. The molecule has 96 valence electrons.